The van der Waals surface area contributed by atoms with Crippen molar-refractivity contribution in [2.75, 3.05) is 33.3 Å². The quantitative estimate of drug-likeness (QED) is 0.526. The van der Waals surface area contributed by atoms with Gasteiger partial charge in [0.25, 0.3) is 0 Å². The predicted octanol–water partition coefficient (Wildman–Crippen LogP) is 2.64. The van der Waals surface area contributed by atoms with E-state index in [1.54, 1.807) is 0 Å². The number of hydrogen-bond donors (Lipinski definition) is 2. The Labute approximate surface area is 119 Å². The van der Waals surface area contributed by atoms with Gasteiger partial charge < -0.3 is 15.3 Å². The zero-order chi connectivity index (χ0) is 14.1. The van der Waals surface area contributed by atoms with Crippen LogP contribution in [0.25, 0.3) is 0 Å². The van der Waals surface area contributed by atoms with Crippen LogP contribution in [0, 0.1) is 5.41 Å². The fourth-order valence-electron chi connectivity index (χ4n) is 3.22. The van der Waals surface area contributed by atoms with E-state index in [1.165, 1.54) is 44.9 Å². The van der Waals surface area contributed by atoms with Crippen molar-refractivity contribution < 1.29 is 5.11 Å². The molecule has 0 heterocycles. The molecule has 19 heavy (non-hydrogen) atoms. The molecule has 1 saturated carbocycles. The van der Waals surface area contributed by atoms with Crippen LogP contribution in [0.15, 0.2) is 0 Å². The number of aliphatic hydroxyl groups excluding tert-OH is 1. The van der Waals surface area contributed by atoms with Crippen LogP contribution in [0.5, 0.6) is 0 Å². The fraction of sp³-hybridized carbons (Fsp3) is 1.00. The van der Waals surface area contributed by atoms with Crippen LogP contribution in [0.4, 0.5) is 0 Å². The SMILES string of the molecule is CCCNCC1(CN(C)C(C)CO)CCCCCC1. The largest absolute Gasteiger partial charge is 0.395 e. The Hall–Kier alpha value is -0.120. The van der Waals surface area contributed by atoms with Gasteiger partial charge in [0.2, 0.25) is 0 Å². The summed E-state index contributed by atoms with van der Waals surface area (Å²) in [5.74, 6) is 0. The zero-order valence-electron chi connectivity index (χ0n) is 13.2. The van der Waals surface area contributed by atoms with Gasteiger partial charge in [0.1, 0.15) is 0 Å². The van der Waals surface area contributed by atoms with Gasteiger partial charge in [-0.2, -0.15) is 0 Å². The Morgan fingerprint density at radius 2 is 1.84 bits per heavy atom. The molecule has 0 aromatic carbocycles. The number of nitrogens with one attached hydrogen (secondary N) is 1. The molecule has 1 fully saturated rings. The summed E-state index contributed by atoms with van der Waals surface area (Å²) < 4.78 is 0. The molecule has 1 rings (SSSR count). The minimum atomic E-state index is 0.259. The second-order valence-corrected chi connectivity index (χ2v) is 6.54. The van der Waals surface area contributed by atoms with Gasteiger partial charge in [-0.3, -0.25) is 0 Å². The number of likely N-dealkylation sites (N-methyl/N-ethyl adjacent to an activating group) is 1. The lowest BCUT2D eigenvalue weighted by Gasteiger charge is -2.39. The minimum absolute atomic E-state index is 0.259. The lowest BCUT2D eigenvalue weighted by Crippen LogP contribution is -2.46. The second kappa shape index (κ2) is 8.93. The van der Waals surface area contributed by atoms with E-state index in [-0.39, 0.29) is 12.6 Å². The molecule has 1 atom stereocenters. The van der Waals surface area contributed by atoms with E-state index in [2.05, 4.69) is 31.1 Å². The highest BCUT2D eigenvalue weighted by molar-refractivity contribution is 4.87. The van der Waals surface area contributed by atoms with E-state index < -0.39 is 0 Å². The first kappa shape index (κ1) is 16.9. The summed E-state index contributed by atoms with van der Waals surface area (Å²) >= 11 is 0. The summed E-state index contributed by atoms with van der Waals surface area (Å²) in [5, 5.41) is 13.0. The number of hydrogen-bond acceptors (Lipinski definition) is 3. The van der Waals surface area contributed by atoms with Crippen LogP contribution in [0.1, 0.15) is 58.8 Å². The molecule has 1 aliphatic carbocycles. The molecule has 0 aliphatic heterocycles. The van der Waals surface area contributed by atoms with Gasteiger partial charge in [-0.05, 0) is 45.2 Å². The molecule has 2 N–H and O–H groups in total. The Morgan fingerprint density at radius 1 is 1.21 bits per heavy atom. The van der Waals surface area contributed by atoms with Gasteiger partial charge in [-0.25, -0.2) is 0 Å². The topological polar surface area (TPSA) is 35.5 Å². The van der Waals surface area contributed by atoms with Crippen molar-refractivity contribution in [3.05, 3.63) is 0 Å². The average Bonchev–Trinajstić information content (AvgIpc) is 2.64. The van der Waals surface area contributed by atoms with E-state index in [4.69, 9.17) is 0 Å². The maximum atomic E-state index is 9.33. The molecule has 0 aromatic heterocycles. The Kier molecular flexibility index (Phi) is 7.96. The zero-order valence-corrected chi connectivity index (χ0v) is 13.2. The van der Waals surface area contributed by atoms with Crippen molar-refractivity contribution >= 4 is 0 Å². The molecule has 3 nitrogen and oxygen atoms in total. The van der Waals surface area contributed by atoms with Crippen LogP contribution < -0.4 is 5.32 Å². The molecule has 1 aliphatic rings. The first-order valence-corrected chi connectivity index (χ1v) is 8.15. The summed E-state index contributed by atoms with van der Waals surface area (Å²) in [6, 6.07) is 0.270. The standard InChI is InChI=1S/C16H34N2O/c1-4-11-17-13-16(9-7-5-6-8-10-16)14-18(3)15(2)12-19/h15,17,19H,4-14H2,1-3H3. The molecule has 0 bridgehead atoms. The maximum absolute atomic E-state index is 9.33. The van der Waals surface area contributed by atoms with Gasteiger partial charge in [-0.15, -0.1) is 0 Å². The molecule has 0 saturated heterocycles. The first-order valence-electron chi connectivity index (χ1n) is 8.15. The molecule has 114 valence electrons. The molecular weight excluding hydrogens is 236 g/mol. The normalized spacial score (nSPS) is 21.3. The molecular formula is C16H34N2O. The summed E-state index contributed by atoms with van der Waals surface area (Å²) in [6.07, 6.45) is 9.42. The van der Waals surface area contributed by atoms with Gasteiger partial charge in [-0.1, -0.05) is 32.6 Å². The summed E-state index contributed by atoms with van der Waals surface area (Å²) in [5.41, 5.74) is 0.420. The van der Waals surface area contributed by atoms with Crippen molar-refractivity contribution in [3.8, 4) is 0 Å². The van der Waals surface area contributed by atoms with E-state index in [1.807, 2.05) is 0 Å². The molecule has 0 aromatic rings. The number of aliphatic hydroxyl groups is 1. The van der Waals surface area contributed by atoms with Gasteiger partial charge in [0.15, 0.2) is 0 Å². The monoisotopic (exact) mass is 270 g/mol. The highest BCUT2D eigenvalue weighted by Crippen LogP contribution is 2.35. The van der Waals surface area contributed by atoms with Crippen molar-refractivity contribution in [1.29, 1.82) is 0 Å². The molecule has 0 amide bonds. The highest BCUT2D eigenvalue weighted by Gasteiger charge is 2.32. The number of rotatable bonds is 8. The van der Waals surface area contributed by atoms with Gasteiger partial charge in [0, 0.05) is 19.1 Å². The lowest BCUT2D eigenvalue weighted by atomic mass is 9.79. The average molecular weight is 270 g/mol. The maximum Gasteiger partial charge on any atom is 0.0584 e. The van der Waals surface area contributed by atoms with Crippen molar-refractivity contribution in [1.82, 2.24) is 10.2 Å². The predicted molar refractivity (Wildman–Crippen MR) is 82.5 cm³/mol. The summed E-state index contributed by atoms with van der Waals surface area (Å²) in [4.78, 5) is 2.35. The molecule has 0 spiro atoms. The third-order valence-electron chi connectivity index (χ3n) is 4.69. The molecule has 0 radical (unpaired) electrons. The molecule has 3 heteroatoms. The smallest absolute Gasteiger partial charge is 0.0584 e. The van der Waals surface area contributed by atoms with Crippen molar-refractivity contribution in [2.24, 2.45) is 5.41 Å². The van der Waals surface area contributed by atoms with Gasteiger partial charge >= 0.3 is 0 Å². The van der Waals surface area contributed by atoms with E-state index >= 15 is 0 Å². The third-order valence-corrected chi connectivity index (χ3v) is 4.69. The second-order valence-electron chi connectivity index (χ2n) is 6.54. The van der Waals surface area contributed by atoms with Gasteiger partial charge in [0.05, 0.1) is 6.61 Å². The first-order chi connectivity index (χ1) is 9.13. The third kappa shape index (κ3) is 5.80. The van der Waals surface area contributed by atoms with E-state index in [0.717, 1.165) is 19.6 Å². The van der Waals surface area contributed by atoms with E-state index in [9.17, 15) is 5.11 Å². The number of nitrogens with zero attached hydrogens (tertiary/aromatic N) is 1. The minimum Gasteiger partial charge on any atom is -0.395 e. The summed E-state index contributed by atoms with van der Waals surface area (Å²) in [7, 11) is 2.16. The van der Waals surface area contributed by atoms with Crippen LogP contribution in [0.3, 0.4) is 0 Å². The fourth-order valence-corrected chi connectivity index (χ4v) is 3.22. The Morgan fingerprint density at radius 3 is 2.37 bits per heavy atom. The molecule has 1 unspecified atom stereocenters. The summed E-state index contributed by atoms with van der Waals surface area (Å²) in [6.45, 7) is 7.99. The Balaban J connectivity index is 2.61. The van der Waals surface area contributed by atoms with Crippen LogP contribution in [-0.2, 0) is 0 Å². The van der Waals surface area contributed by atoms with E-state index in [0.29, 0.717) is 5.41 Å². The highest BCUT2D eigenvalue weighted by atomic mass is 16.3. The van der Waals surface area contributed by atoms with Crippen LogP contribution >= 0.6 is 0 Å². The van der Waals surface area contributed by atoms with Crippen LogP contribution in [0.2, 0.25) is 0 Å². The Bertz CT molecular complexity index is 225. The van der Waals surface area contributed by atoms with Crippen LogP contribution in [-0.4, -0.2) is 49.3 Å². The van der Waals surface area contributed by atoms with Crippen molar-refractivity contribution in [3.63, 3.8) is 0 Å². The van der Waals surface area contributed by atoms with Crippen molar-refractivity contribution in [2.45, 2.75) is 64.8 Å². The lowest BCUT2D eigenvalue weighted by molar-refractivity contribution is 0.0906.